The van der Waals surface area contributed by atoms with Crippen molar-refractivity contribution in [1.82, 2.24) is 0 Å². The lowest BCUT2D eigenvalue weighted by atomic mass is 10.2. The number of aliphatic hydroxyl groups is 1. The molecule has 1 fully saturated rings. The Morgan fingerprint density at radius 2 is 2.33 bits per heavy atom. The third-order valence-electron chi connectivity index (χ3n) is 2.80. The highest BCUT2D eigenvalue weighted by molar-refractivity contribution is 5.94. The predicted molar refractivity (Wildman–Crippen MR) is 74.2 cm³/mol. The summed E-state index contributed by atoms with van der Waals surface area (Å²) < 4.78 is 24.2. The predicted octanol–water partition coefficient (Wildman–Crippen LogP) is 0.913. The summed E-state index contributed by atoms with van der Waals surface area (Å²) in [5, 5.41) is 11.1. The molecule has 21 heavy (non-hydrogen) atoms. The van der Waals surface area contributed by atoms with Crippen LogP contribution in [0.3, 0.4) is 0 Å². The Morgan fingerprint density at radius 1 is 1.48 bits per heavy atom. The van der Waals surface area contributed by atoms with Crippen LogP contribution >= 0.6 is 0 Å². The average Bonchev–Trinajstić information content (AvgIpc) is 2.51. The number of ether oxygens (including phenoxy) is 2. The zero-order chi connectivity index (χ0) is 15.1. The second-order valence-corrected chi connectivity index (χ2v) is 4.39. The molecule has 1 aromatic rings. The van der Waals surface area contributed by atoms with Gasteiger partial charge >= 0.3 is 0 Å². The van der Waals surface area contributed by atoms with E-state index < -0.39 is 17.8 Å². The number of halogens is 1. The molecule has 6 heteroatoms. The maximum absolute atomic E-state index is 13.9. The number of amides is 1. The van der Waals surface area contributed by atoms with Crippen LogP contribution < -0.4 is 5.32 Å². The van der Waals surface area contributed by atoms with Gasteiger partial charge in [-0.15, -0.1) is 0 Å². The molecule has 2 N–H and O–H groups in total. The minimum absolute atomic E-state index is 0.0346. The first-order valence-electron chi connectivity index (χ1n) is 6.60. The van der Waals surface area contributed by atoms with Crippen LogP contribution in [0.1, 0.15) is 12.0 Å². The molecule has 1 amide bonds. The molecule has 0 bridgehead atoms. The summed E-state index contributed by atoms with van der Waals surface area (Å²) in [6.45, 7) is 0.935. The van der Waals surface area contributed by atoms with Crippen LogP contribution in [-0.4, -0.2) is 43.5 Å². The second kappa shape index (κ2) is 7.74. The van der Waals surface area contributed by atoms with Gasteiger partial charge in [0.25, 0.3) is 5.91 Å². The highest BCUT2D eigenvalue weighted by Crippen LogP contribution is 2.16. The van der Waals surface area contributed by atoms with Crippen molar-refractivity contribution in [3.63, 3.8) is 0 Å². The molecule has 1 atom stereocenters. The Labute approximate surface area is 122 Å². The van der Waals surface area contributed by atoms with Gasteiger partial charge in [-0.3, -0.25) is 4.79 Å². The van der Waals surface area contributed by atoms with E-state index in [9.17, 15) is 9.18 Å². The van der Waals surface area contributed by atoms with Crippen molar-refractivity contribution in [3.8, 4) is 11.8 Å². The van der Waals surface area contributed by atoms with E-state index in [0.29, 0.717) is 25.2 Å². The molecule has 1 saturated heterocycles. The molecule has 1 aliphatic heterocycles. The van der Waals surface area contributed by atoms with E-state index in [1.54, 1.807) is 6.07 Å². The standard InChI is InChI=1S/C15H16FNO4/c16-12-9-11(3-1-2-6-18)4-5-13(12)17-15(19)14-10-20-7-8-21-14/h4-5,9,14,18H,2,6-8,10H2,(H,17,19). The van der Waals surface area contributed by atoms with Gasteiger partial charge in [0, 0.05) is 12.0 Å². The van der Waals surface area contributed by atoms with Gasteiger partial charge in [-0.1, -0.05) is 11.8 Å². The molecule has 1 aromatic carbocycles. The van der Waals surface area contributed by atoms with Gasteiger partial charge in [-0.2, -0.15) is 0 Å². The molecule has 0 aliphatic carbocycles. The molecule has 1 heterocycles. The van der Waals surface area contributed by atoms with Crippen molar-refractivity contribution in [2.75, 3.05) is 31.7 Å². The third kappa shape index (κ3) is 4.53. The van der Waals surface area contributed by atoms with Crippen molar-refractivity contribution in [3.05, 3.63) is 29.6 Å². The van der Waals surface area contributed by atoms with Gasteiger partial charge in [0.2, 0.25) is 0 Å². The average molecular weight is 293 g/mol. The minimum atomic E-state index is -0.720. The number of hydrogen-bond acceptors (Lipinski definition) is 4. The lowest BCUT2D eigenvalue weighted by molar-refractivity contribution is -0.142. The number of hydrogen-bond donors (Lipinski definition) is 2. The van der Waals surface area contributed by atoms with E-state index in [4.69, 9.17) is 14.6 Å². The largest absolute Gasteiger partial charge is 0.395 e. The highest BCUT2D eigenvalue weighted by atomic mass is 19.1. The first kappa shape index (κ1) is 15.4. The van der Waals surface area contributed by atoms with Crippen LogP contribution in [0, 0.1) is 17.7 Å². The maximum atomic E-state index is 13.9. The lowest BCUT2D eigenvalue weighted by Crippen LogP contribution is -2.39. The van der Waals surface area contributed by atoms with Crippen molar-refractivity contribution >= 4 is 11.6 Å². The maximum Gasteiger partial charge on any atom is 0.255 e. The van der Waals surface area contributed by atoms with Gasteiger partial charge < -0.3 is 19.9 Å². The Bertz CT molecular complexity index is 559. The van der Waals surface area contributed by atoms with Gasteiger partial charge in [0.1, 0.15) is 5.82 Å². The first-order valence-corrected chi connectivity index (χ1v) is 6.60. The fourth-order valence-electron chi connectivity index (χ4n) is 1.77. The lowest BCUT2D eigenvalue weighted by Gasteiger charge is -2.22. The van der Waals surface area contributed by atoms with E-state index in [1.807, 2.05) is 0 Å². The molecular weight excluding hydrogens is 277 g/mol. The molecular formula is C15H16FNO4. The van der Waals surface area contributed by atoms with E-state index in [1.165, 1.54) is 12.1 Å². The fraction of sp³-hybridized carbons (Fsp3) is 0.400. The molecule has 2 rings (SSSR count). The normalized spacial score (nSPS) is 17.7. The van der Waals surface area contributed by atoms with Gasteiger partial charge in [-0.05, 0) is 18.2 Å². The Balaban J connectivity index is 2.00. The van der Waals surface area contributed by atoms with Crippen LogP contribution in [0.5, 0.6) is 0 Å². The number of benzene rings is 1. The molecule has 0 radical (unpaired) electrons. The number of aliphatic hydroxyl groups excluding tert-OH is 1. The third-order valence-corrected chi connectivity index (χ3v) is 2.80. The Morgan fingerprint density at radius 3 is 3.00 bits per heavy atom. The van der Waals surface area contributed by atoms with Gasteiger partial charge in [0.15, 0.2) is 6.10 Å². The highest BCUT2D eigenvalue weighted by Gasteiger charge is 2.23. The van der Waals surface area contributed by atoms with Crippen molar-refractivity contribution < 1.29 is 23.8 Å². The molecule has 1 aliphatic rings. The number of carbonyl (C=O) groups excluding carboxylic acids is 1. The van der Waals surface area contributed by atoms with E-state index >= 15 is 0 Å². The van der Waals surface area contributed by atoms with Crippen molar-refractivity contribution in [2.45, 2.75) is 12.5 Å². The summed E-state index contributed by atoms with van der Waals surface area (Å²) in [6.07, 6.45) is -0.388. The zero-order valence-electron chi connectivity index (χ0n) is 11.4. The minimum Gasteiger partial charge on any atom is -0.395 e. The monoisotopic (exact) mass is 293 g/mol. The molecule has 0 saturated carbocycles. The first-order chi connectivity index (χ1) is 10.2. The number of carbonyl (C=O) groups is 1. The van der Waals surface area contributed by atoms with E-state index in [-0.39, 0.29) is 18.9 Å². The van der Waals surface area contributed by atoms with Crippen LogP contribution in [0.15, 0.2) is 18.2 Å². The SMILES string of the molecule is O=C(Nc1ccc(C#CCCO)cc1F)C1COCCO1. The number of rotatable bonds is 3. The van der Waals surface area contributed by atoms with Crippen molar-refractivity contribution in [1.29, 1.82) is 0 Å². The molecule has 1 unspecified atom stereocenters. The quantitative estimate of drug-likeness (QED) is 0.813. The van der Waals surface area contributed by atoms with Crippen LogP contribution in [0.2, 0.25) is 0 Å². The van der Waals surface area contributed by atoms with E-state index in [0.717, 1.165) is 0 Å². The molecule has 5 nitrogen and oxygen atoms in total. The summed E-state index contributed by atoms with van der Waals surface area (Å²) in [5.74, 6) is 4.41. The smallest absolute Gasteiger partial charge is 0.255 e. The van der Waals surface area contributed by atoms with E-state index in [2.05, 4.69) is 17.2 Å². The van der Waals surface area contributed by atoms with Crippen LogP contribution in [0.25, 0.3) is 0 Å². The topological polar surface area (TPSA) is 67.8 Å². The second-order valence-electron chi connectivity index (χ2n) is 4.39. The van der Waals surface area contributed by atoms with Crippen molar-refractivity contribution in [2.24, 2.45) is 0 Å². The Hall–Kier alpha value is -1.94. The molecule has 112 valence electrons. The fourth-order valence-corrected chi connectivity index (χ4v) is 1.77. The zero-order valence-corrected chi connectivity index (χ0v) is 11.4. The summed E-state index contributed by atoms with van der Waals surface area (Å²) in [6, 6.07) is 4.28. The number of nitrogens with one attached hydrogen (secondary N) is 1. The summed E-state index contributed by atoms with van der Waals surface area (Å²) in [7, 11) is 0. The van der Waals surface area contributed by atoms with Gasteiger partial charge in [0.05, 0.1) is 32.1 Å². The summed E-state index contributed by atoms with van der Waals surface area (Å²) in [4.78, 5) is 11.9. The Kier molecular flexibility index (Phi) is 5.69. The van der Waals surface area contributed by atoms with Crippen LogP contribution in [-0.2, 0) is 14.3 Å². The molecule has 0 aromatic heterocycles. The molecule has 0 spiro atoms. The van der Waals surface area contributed by atoms with Crippen LogP contribution in [0.4, 0.5) is 10.1 Å². The van der Waals surface area contributed by atoms with Gasteiger partial charge in [-0.25, -0.2) is 4.39 Å². The summed E-state index contributed by atoms with van der Waals surface area (Å²) >= 11 is 0. The number of anilines is 1. The summed E-state index contributed by atoms with van der Waals surface area (Å²) in [5.41, 5.74) is 0.554.